The van der Waals surface area contributed by atoms with E-state index in [0.717, 1.165) is 38.4 Å². The Labute approximate surface area is 184 Å². The lowest BCUT2D eigenvalue weighted by molar-refractivity contribution is -0.355. The van der Waals surface area contributed by atoms with Crippen LogP contribution in [0.1, 0.15) is 78.1 Å². The van der Waals surface area contributed by atoms with E-state index < -0.39 is 5.97 Å². The number of carbonyl (C=O) groups excluding carboxylic acids is 1. The molecule has 0 aliphatic rings. The van der Waals surface area contributed by atoms with E-state index in [9.17, 15) is 4.79 Å². The first-order chi connectivity index (χ1) is 14.5. The Hall–Kier alpha value is -0.730. The molecule has 7 nitrogen and oxygen atoms in total. The number of hydrogen-bond donors (Lipinski definition) is 2. The van der Waals surface area contributed by atoms with Crippen LogP contribution in [0.15, 0.2) is 0 Å². The van der Waals surface area contributed by atoms with Gasteiger partial charge in [-0.3, -0.25) is 4.79 Å². The molecule has 0 saturated heterocycles. The molecular formula is C23H48N2O5. The van der Waals surface area contributed by atoms with Crippen LogP contribution in [0, 0.1) is 5.92 Å². The molecule has 0 radical (unpaired) electrons. The van der Waals surface area contributed by atoms with Gasteiger partial charge in [-0.15, -0.1) is 0 Å². The summed E-state index contributed by atoms with van der Waals surface area (Å²) in [5.41, 5.74) is 0. The van der Waals surface area contributed by atoms with Gasteiger partial charge in [0, 0.05) is 54.3 Å². The lowest BCUT2D eigenvalue weighted by Gasteiger charge is -2.28. The fraction of sp³-hybridized carbons (Fsp3) is 0.957. The molecule has 0 aliphatic heterocycles. The van der Waals surface area contributed by atoms with Crippen LogP contribution in [-0.4, -0.2) is 66.1 Å². The van der Waals surface area contributed by atoms with E-state index in [1.54, 1.807) is 21.3 Å². The van der Waals surface area contributed by atoms with Crippen molar-refractivity contribution in [2.75, 3.05) is 54.1 Å². The van der Waals surface area contributed by atoms with Gasteiger partial charge in [-0.2, -0.15) is 0 Å². The van der Waals surface area contributed by atoms with Crippen LogP contribution in [0.3, 0.4) is 0 Å². The number of unbranched alkanes of at least 4 members (excludes halogenated alkanes) is 6. The SMILES string of the molecule is COC(CCCCCCCCCC(C)CCNCCNCCOC(C)=O)(OC)OC. The van der Waals surface area contributed by atoms with Crippen molar-refractivity contribution in [3.8, 4) is 0 Å². The molecule has 7 heteroatoms. The third-order valence-electron chi connectivity index (χ3n) is 5.49. The van der Waals surface area contributed by atoms with Crippen LogP contribution in [0.25, 0.3) is 0 Å². The van der Waals surface area contributed by atoms with Crippen molar-refractivity contribution in [3.05, 3.63) is 0 Å². The normalized spacial score (nSPS) is 12.8. The first-order valence-electron chi connectivity index (χ1n) is 11.7. The molecule has 0 aliphatic carbocycles. The van der Waals surface area contributed by atoms with Crippen LogP contribution in [0.2, 0.25) is 0 Å². The quantitative estimate of drug-likeness (QED) is 0.153. The number of hydrogen-bond acceptors (Lipinski definition) is 7. The highest BCUT2D eigenvalue weighted by atomic mass is 16.9. The van der Waals surface area contributed by atoms with Crippen LogP contribution in [0.4, 0.5) is 0 Å². The van der Waals surface area contributed by atoms with Crippen LogP contribution in [0.5, 0.6) is 0 Å². The van der Waals surface area contributed by atoms with Crippen LogP contribution < -0.4 is 10.6 Å². The van der Waals surface area contributed by atoms with Gasteiger partial charge >= 0.3 is 5.97 Å². The van der Waals surface area contributed by atoms with E-state index in [0.29, 0.717) is 13.2 Å². The van der Waals surface area contributed by atoms with Crippen molar-refractivity contribution >= 4 is 5.97 Å². The van der Waals surface area contributed by atoms with Gasteiger partial charge in [-0.25, -0.2) is 0 Å². The van der Waals surface area contributed by atoms with Gasteiger partial charge in [0.2, 0.25) is 0 Å². The minimum absolute atomic E-state index is 0.220. The third-order valence-corrected chi connectivity index (χ3v) is 5.49. The number of methoxy groups -OCH3 is 3. The van der Waals surface area contributed by atoms with E-state index in [1.807, 2.05) is 0 Å². The predicted octanol–water partition coefficient (Wildman–Crippen LogP) is 3.86. The molecule has 0 aromatic carbocycles. The van der Waals surface area contributed by atoms with Crippen LogP contribution >= 0.6 is 0 Å². The zero-order valence-corrected chi connectivity index (χ0v) is 20.2. The maximum Gasteiger partial charge on any atom is 0.302 e. The Morgan fingerprint density at radius 1 is 0.767 bits per heavy atom. The molecule has 1 atom stereocenters. The molecule has 2 N–H and O–H groups in total. The Balaban J connectivity index is 3.36. The van der Waals surface area contributed by atoms with E-state index in [-0.39, 0.29) is 5.97 Å². The first kappa shape index (κ1) is 29.3. The van der Waals surface area contributed by atoms with Gasteiger partial charge in [0.15, 0.2) is 0 Å². The average Bonchev–Trinajstić information content (AvgIpc) is 2.74. The lowest BCUT2D eigenvalue weighted by Crippen LogP contribution is -2.35. The molecule has 30 heavy (non-hydrogen) atoms. The number of nitrogens with one attached hydrogen (secondary N) is 2. The summed E-state index contributed by atoms with van der Waals surface area (Å²) in [6.07, 6.45) is 12.1. The Morgan fingerprint density at radius 3 is 1.87 bits per heavy atom. The largest absolute Gasteiger partial charge is 0.465 e. The monoisotopic (exact) mass is 432 g/mol. The van der Waals surface area contributed by atoms with Crippen LogP contribution in [-0.2, 0) is 23.7 Å². The molecule has 180 valence electrons. The highest BCUT2D eigenvalue weighted by molar-refractivity contribution is 5.65. The summed E-state index contributed by atoms with van der Waals surface area (Å²) >= 11 is 0. The Morgan fingerprint density at radius 2 is 1.30 bits per heavy atom. The molecule has 0 heterocycles. The standard InChI is InChI=1S/C23H48N2O5/c1-21(14-16-24-17-18-25-19-20-30-22(2)26)13-11-9-7-6-8-10-12-15-23(27-3,28-4)29-5/h21,24-25H,6-20H2,1-5H3. The second kappa shape index (κ2) is 20.2. The van der Waals surface area contributed by atoms with Crippen molar-refractivity contribution in [2.24, 2.45) is 5.92 Å². The van der Waals surface area contributed by atoms with Gasteiger partial charge in [0.05, 0.1) is 0 Å². The first-order valence-corrected chi connectivity index (χ1v) is 11.7. The molecule has 0 rings (SSSR count). The highest BCUT2D eigenvalue weighted by Gasteiger charge is 2.28. The average molecular weight is 433 g/mol. The van der Waals surface area contributed by atoms with Gasteiger partial charge in [-0.05, 0) is 25.3 Å². The van der Waals surface area contributed by atoms with Gasteiger partial charge in [0.25, 0.3) is 5.97 Å². The number of esters is 1. The summed E-state index contributed by atoms with van der Waals surface area (Å²) in [7, 11) is 4.87. The molecule has 0 fully saturated rings. The van der Waals surface area contributed by atoms with Crippen molar-refractivity contribution in [1.82, 2.24) is 10.6 Å². The van der Waals surface area contributed by atoms with E-state index in [4.69, 9.17) is 18.9 Å². The summed E-state index contributed by atoms with van der Waals surface area (Å²) in [4.78, 5) is 10.6. The fourth-order valence-electron chi connectivity index (χ4n) is 3.46. The highest BCUT2D eigenvalue weighted by Crippen LogP contribution is 2.21. The zero-order chi connectivity index (χ0) is 22.5. The van der Waals surface area contributed by atoms with Gasteiger partial charge < -0.3 is 29.6 Å². The van der Waals surface area contributed by atoms with Gasteiger partial charge in [-0.1, -0.05) is 51.9 Å². The maximum absolute atomic E-state index is 10.6. The summed E-state index contributed by atoms with van der Waals surface area (Å²) in [6.45, 7) is 7.87. The fourth-order valence-corrected chi connectivity index (χ4v) is 3.46. The third kappa shape index (κ3) is 17.0. The van der Waals surface area contributed by atoms with Crippen molar-refractivity contribution < 1.29 is 23.7 Å². The molecule has 0 aromatic heterocycles. The molecule has 0 spiro atoms. The molecule has 0 amide bonds. The molecule has 1 unspecified atom stereocenters. The minimum Gasteiger partial charge on any atom is -0.465 e. The zero-order valence-electron chi connectivity index (χ0n) is 20.2. The predicted molar refractivity (Wildman–Crippen MR) is 121 cm³/mol. The second-order valence-electron chi connectivity index (χ2n) is 8.04. The number of ether oxygens (including phenoxy) is 4. The molecular weight excluding hydrogens is 384 g/mol. The number of carbonyl (C=O) groups is 1. The summed E-state index contributed by atoms with van der Waals surface area (Å²) < 4.78 is 20.8. The van der Waals surface area contributed by atoms with E-state index >= 15 is 0 Å². The Bertz CT molecular complexity index is 384. The topological polar surface area (TPSA) is 78.0 Å². The summed E-state index contributed by atoms with van der Waals surface area (Å²) in [5.74, 6) is -0.310. The van der Waals surface area contributed by atoms with E-state index in [2.05, 4.69) is 17.6 Å². The maximum atomic E-state index is 10.6. The van der Waals surface area contributed by atoms with Crippen molar-refractivity contribution in [3.63, 3.8) is 0 Å². The summed E-state index contributed by atoms with van der Waals surface area (Å²) in [5, 5.41) is 6.73. The minimum atomic E-state index is -0.868. The molecule has 0 bridgehead atoms. The molecule has 0 aromatic rings. The van der Waals surface area contributed by atoms with Crippen molar-refractivity contribution in [1.29, 1.82) is 0 Å². The smallest absolute Gasteiger partial charge is 0.302 e. The van der Waals surface area contributed by atoms with Gasteiger partial charge in [0.1, 0.15) is 6.61 Å². The molecule has 0 saturated carbocycles. The number of rotatable bonds is 22. The second-order valence-corrected chi connectivity index (χ2v) is 8.04. The van der Waals surface area contributed by atoms with Crippen molar-refractivity contribution in [2.45, 2.75) is 84.0 Å². The lowest BCUT2D eigenvalue weighted by atomic mass is 9.99. The van der Waals surface area contributed by atoms with E-state index in [1.165, 1.54) is 58.3 Å². The Kier molecular flexibility index (Phi) is 19.7. The summed E-state index contributed by atoms with van der Waals surface area (Å²) in [6, 6.07) is 0.